The fraction of sp³-hybridized carbons (Fsp3) is 0.222. The molecule has 0 aromatic heterocycles. The van der Waals surface area contributed by atoms with Gasteiger partial charge >= 0.3 is 0 Å². The van der Waals surface area contributed by atoms with Gasteiger partial charge < -0.3 is 15.5 Å². The molecular formula is C18H18N4O. The normalized spacial score (nSPS) is 14.1. The van der Waals surface area contributed by atoms with Crippen LogP contribution in [0.3, 0.4) is 0 Å². The Balaban J connectivity index is 1.75. The zero-order chi connectivity index (χ0) is 16.1. The molecule has 0 aliphatic carbocycles. The second-order valence-corrected chi connectivity index (χ2v) is 5.43. The van der Waals surface area contributed by atoms with Crippen molar-refractivity contribution in [3.63, 3.8) is 0 Å². The lowest BCUT2D eigenvalue weighted by molar-refractivity contribution is 0.102. The predicted molar refractivity (Wildman–Crippen MR) is 90.6 cm³/mol. The van der Waals surface area contributed by atoms with Crippen LogP contribution in [0.25, 0.3) is 0 Å². The van der Waals surface area contributed by atoms with Crippen molar-refractivity contribution in [1.29, 1.82) is 5.26 Å². The third-order valence-corrected chi connectivity index (χ3v) is 3.84. The Morgan fingerprint density at radius 2 is 1.91 bits per heavy atom. The molecule has 1 saturated heterocycles. The van der Waals surface area contributed by atoms with Gasteiger partial charge in [0.2, 0.25) is 0 Å². The highest BCUT2D eigenvalue weighted by Crippen LogP contribution is 2.18. The van der Waals surface area contributed by atoms with E-state index in [-0.39, 0.29) is 5.91 Å². The molecular weight excluding hydrogens is 288 g/mol. The Morgan fingerprint density at radius 3 is 2.70 bits per heavy atom. The van der Waals surface area contributed by atoms with E-state index < -0.39 is 0 Å². The molecule has 3 rings (SSSR count). The lowest BCUT2D eigenvalue weighted by atomic mass is 10.1. The lowest BCUT2D eigenvalue weighted by Gasteiger charge is -2.29. The van der Waals surface area contributed by atoms with Crippen LogP contribution >= 0.6 is 0 Å². The van der Waals surface area contributed by atoms with Crippen molar-refractivity contribution in [2.75, 3.05) is 36.4 Å². The van der Waals surface area contributed by atoms with Gasteiger partial charge in [-0.15, -0.1) is 0 Å². The van der Waals surface area contributed by atoms with Crippen molar-refractivity contribution < 1.29 is 4.79 Å². The number of nitrogens with zero attached hydrogens (tertiary/aromatic N) is 2. The van der Waals surface area contributed by atoms with E-state index in [0.29, 0.717) is 16.8 Å². The van der Waals surface area contributed by atoms with Crippen LogP contribution in [-0.2, 0) is 0 Å². The van der Waals surface area contributed by atoms with E-state index in [1.165, 1.54) is 0 Å². The molecule has 116 valence electrons. The van der Waals surface area contributed by atoms with Crippen LogP contribution in [0.1, 0.15) is 15.9 Å². The van der Waals surface area contributed by atoms with E-state index in [1.807, 2.05) is 18.2 Å². The Labute approximate surface area is 135 Å². The summed E-state index contributed by atoms with van der Waals surface area (Å²) in [5.74, 6) is -0.169. The van der Waals surface area contributed by atoms with Crippen molar-refractivity contribution in [2.45, 2.75) is 0 Å². The summed E-state index contributed by atoms with van der Waals surface area (Å²) in [5.41, 5.74) is 2.83. The molecule has 0 radical (unpaired) electrons. The Kier molecular flexibility index (Phi) is 4.55. The number of piperazine rings is 1. The van der Waals surface area contributed by atoms with Gasteiger partial charge in [-0.2, -0.15) is 5.26 Å². The van der Waals surface area contributed by atoms with Gasteiger partial charge in [-0.05, 0) is 36.4 Å². The average Bonchev–Trinajstić information content (AvgIpc) is 2.63. The summed E-state index contributed by atoms with van der Waals surface area (Å²) in [4.78, 5) is 14.7. The molecule has 2 N–H and O–H groups in total. The number of nitrogens with one attached hydrogen (secondary N) is 2. The first-order chi connectivity index (χ1) is 11.3. The van der Waals surface area contributed by atoms with E-state index in [9.17, 15) is 4.79 Å². The summed E-state index contributed by atoms with van der Waals surface area (Å²) in [6, 6.07) is 16.6. The quantitative estimate of drug-likeness (QED) is 0.912. The summed E-state index contributed by atoms with van der Waals surface area (Å²) in [6.45, 7) is 3.79. The van der Waals surface area contributed by atoms with E-state index >= 15 is 0 Å². The highest BCUT2D eigenvalue weighted by molar-refractivity contribution is 6.04. The van der Waals surface area contributed by atoms with Gasteiger partial charge in [-0.1, -0.05) is 12.1 Å². The summed E-state index contributed by atoms with van der Waals surface area (Å²) < 4.78 is 0. The molecule has 1 fully saturated rings. The topological polar surface area (TPSA) is 68.2 Å². The van der Waals surface area contributed by atoms with Crippen LogP contribution in [0.5, 0.6) is 0 Å². The summed E-state index contributed by atoms with van der Waals surface area (Å²) in [5, 5.41) is 15.1. The minimum atomic E-state index is -0.169. The average molecular weight is 306 g/mol. The van der Waals surface area contributed by atoms with Gasteiger partial charge in [0.05, 0.1) is 11.6 Å². The fourth-order valence-electron chi connectivity index (χ4n) is 2.64. The van der Waals surface area contributed by atoms with Crippen LogP contribution in [0, 0.1) is 11.3 Å². The van der Waals surface area contributed by atoms with Gasteiger partial charge in [0.15, 0.2) is 0 Å². The van der Waals surface area contributed by atoms with E-state index in [2.05, 4.69) is 21.6 Å². The monoisotopic (exact) mass is 306 g/mol. The summed E-state index contributed by atoms with van der Waals surface area (Å²) in [7, 11) is 0. The Morgan fingerprint density at radius 1 is 1.13 bits per heavy atom. The molecule has 0 atom stereocenters. The standard InChI is InChI=1S/C18H18N4O/c19-13-14-3-1-5-16(11-14)21-18(23)15-4-2-6-17(12-15)22-9-7-20-8-10-22/h1-6,11-12,20H,7-10H2,(H,21,23). The maximum atomic E-state index is 12.4. The second kappa shape index (κ2) is 6.95. The number of hydrogen-bond donors (Lipinski definition) is 2. The maximum absolute atomic E-state index is 12.4. The fourth-order valence-corrected chi connectivity index (χ4v) is 2.64. The summed E-state index contributed by atoms with van der Waals surface area (Å²) >= 11 is 0. The number of nitriles is 1. The number of rotatable bonds is 3. The summed E-state index contributed by atoms with van der Waals surface area (Å²) in [6.07, 6.45) is 0. The first-order valence-electron chi connectivity index (χ1n) is 7.63. The highest BCUT2D eigenvalue weighted by Gasteiger charge is 2.13. The van der Waals surface area contributed by atoms with Crippen LogP contribution in [0.15, 0.2) is 48.5 Å². The zero-order valence-electron chi connectivity index (χ0n) is 12.7. The van der Waals surface area contributed by atoms with E-state index in [1.54, 1.807) is 30.3 Å². The molecule has 0 spiro atoms. The first kappa shape index (κ1) is 15.1. The molecule has 1 amide bonds. The molecule has 1 aliphatic heterocycles. The van der Waals surface area contributed by atoms with Gasteiger partial charge in [-0.25, -0.2) is 0 Å². The molecule has 0 unspecified atom stereocenters. The van der Waals surface area contributed by atoms with Crippen LogP contribution < -0.4 is 15.5 Å². The second-order valence-electron chi connectivity index (χ2n) is 5.43. The van der Waals surface area contributed by atoms with Crippen LogP contribution in [-0.4, -0.2) is 32.1 Å². The van der Waals surface area contributed by atoms with Gasteiger partial charge in [0.25, 0.3) is 5.91 Å². The van der Waals surface area contributed by atoms with Crippen molar-refractivity contribution in [3.8, 4) is 6.07 Å². The third-order valence-electron chi connectivity index (χ3n) is 3.84. The maximum Gasteiger partial charge on any atom is 0.255 e. The zero-order valence-corrected chi connectivity index (χ0v) is 12.7. The van der Waals surface area contributed by atoms with Crippen molar-refractivity contribution in [2.24, 2.45) is 0 Å². The number of carbonyl (C=O) groups excluding carboxylic acids is 1. The molecule has 23 heavy (non-hydrogen) atoms. The SMILES string of the molecule is N#Cc1cccc(NC(=O)c2cccc(N3CCNCC3)c2)c1. The van der Waals surface area contributed by atoms with Gasteiger partial charge in [0.1, 0.15) is 0 Å². The number of anilines is 2. The van der Waals surface area contributed by atoms with E-state index in [0.717, 1.165) is 31.9 Å². The Hall–Kier alpha value is -2.84. The smallest absolute Gasteiger partial charge is 0.255 e. The highest BCUT2D eigenvalue weighted by atomic mass is 16.1. The third kappa shape index (κ3) is 3.68. The number of amides is 1. The van der Waals surface area contributed by atoms with E-state index in [4.69, 9.17) is 5.26 Å². The molecule has 0 bridgehead atoms. The lowest BCUT2D eigenvalue weighted by Crippen LogP contribution is -2.43. The predicted octanol–water partition coefficient (Wildman–Crippen LogP) is 2.22. The molecule has 0 saturated carbocycles. The van der Waals surface area contributed by atoms with Crippen molar-refractivity contribution in [3.05, 3.63) is 59.7 Å². The Bertz CT molecular complexity index is 745. The van der Waals surface area contributed by atoms with Gasteiger partial charge in [-0.3, -0.25) is 4.79 Å². The molecule has 5 nitrogen and oxygen atoms in total. The van der Waals surface area contributed by atoms with Crippen LogP contribution in [0.4, 0.5) is 11.4 Å². The minimum absolute atomic E-state index is 0.169. The number of benzene rings is 2. The van der Waals surface area contributed by atoms with Gasteiger partial charge in [0, 0.05) is 43.1 Å². The largest absolute Gasteiger partial charge is 0.369 e. The molecule has 1 heterocycles. The van der Waals surface area contributed by atoms with Crippen molar-refractivity contribution >= 4 is 17.3 Å². The molecule has 2 aromatic rings. The number of hydrogen-bond acceptors (Lipinski definition) is 4. The van der Waals surface area contributed by atoms with Crippen molar-refractivity contribution in [1.82, 2.24) is 5.32 Å². The number of carbonyl (C=O) groups is 1. The first-order valence-corrected chi connectivity index (χ1v) is 7.63. The molecule has 5 heteroatoms. The minimum Gasteiger partial charge on any atom is -0.369 e. The molecule has 2 aromatic carbocycles. The van der Waals surface area contributed by atoms with Crippen LogP contribution in [0.2, 0.25) is 0 Å². The molecule has 1 aliphatic rings.